The van der Waals surface area contributed by atoms with Crippen molar-refractivity contribution >= 4 is 5.84 Å². The van der Waals surface area contributed by atoms with Gasteiger partial charge < -0.3 is 20.9 Å². The van der Waals surface area contributed by atoms with Crippen molar-refractivity contribution in [2.75, 3.05) is 27.2 Å². The Hall–Kier alpha value is -0.850. The predicted molar refractivity (Wildman–Crippen MR) is 67.2 cm³/mol. The van der Waals surface area contributed by atoms with E-state index in [0.717, 1.165) is 13.0 Å². The molecule has 0 aliphatic carbocycles. The number of oxime groups is 1. The normalized spacial score (nSPS) is 28.9. The maximum absolute atomic E-state index is 9.75. The largest absolute Gasteiger partial charge is 0.409 e. The number of nitrogens with zero attached hydrogens (tertiary/aromatic N) is 3. The lowest BCUT2D eigenvalue weighted by atomic mass is 10.1. The molecule has 0 aromatic carbocycles. The monoisotopic (exact) mass is 244 g/mol. The van der Waals surface area contributed by atoms with Crippen molar-refractivity contribution in [1.29, 1.82) is 0 Å². The van der Waals surface area contributed by atoms with Crippen molar-refractivity contribution in [2.24, 2.45) is 10.9 Å². The molecule has 100 valence electrons. The van der Waals surface area contributed by atoms with Crippen LogP contribution in [0.4, 0.5) is 0 Å². The quantitative estimate of drug-likeness (QED) is 0.263. The minimum Gasteiger partial charge on any atom is -0.409 e. The molecule has 0 spiro atoms. The van der Waals surface area contributed by atoms with Gasteiger partial charge in [-0.2, -0.15) is 0 Å². The number of rotatable bonds is 5. The van der Waals surface area contributed by atoms with Gasteiger partial charge >= 0.3 is 0 Å². The Morgan fingerprint density at radius 2 is 2.24 bits per heavy atom. The average molecular weight is 244 g/mol. The van der Waals surface area contributed by atoms with Crippen LogP contribution in [-0.4, -0.2) is 71.3 Å². The van der Waals surface area contributed by atoms with Crippen molar-refractivity contribution in [2.45, 2.75) is 38.0 Å². The summed E-state index contributed by atoms with van der Waals surface area (Å²) in [6.07, 6.45) is 1.04. The Balaban J connectivity index is 2.59. The van der Waals surface area contributed by atoms with E-state index in [0.29, 0.717) is 19.0 Å². The van der Waals surface area contributed by atoms with Crippen LogP contribution in [-0.2, 0) is 0 Å². The van der Waals surface area contributed by atoms with E-state index in [2.05, 4.69) is 15.0 Å². The van der Waals surface area contributed by atoms with Gasteiger partial charge in [0.1, 0.15) is 5.84 Å². The highest BCUT2D eigenvalue weighted by Gasteiger charge is 2.34. The summed E-state index contributed by atoms with van der Waals surface area (Å²) < 4.78 is 0. The number of hydrogen-bond donors (Lipinski definition) is 3. The highest BCUT2D eigenvalue weighted by molar-refractivity contribution is 5.80. The van der Waals surface area contributed by atoms with Crippen LogP contribution in [0.2, 0.25) is 0 Å². The molecular formula is C11H24N4O2. The molecule has 3 atom stereocenters. The minimum absolute atomic E-state index is 0.174. The Bertz CT molecular complexity index is 270. The molecule has 6 nitrogen and oxygen atoms in total. The van der Waals surface area contributed by atoms with Gasteiger partial charge in [0.15, 0.2) is 0 Å². The lowest BCUT2D eigenvalue weighted by molar-refractivity contribution is 0.145. The minimum atomic E-state index is -0.269. The molecule has 0 radical (unpaired) electrons. The molecule has 0 aromatic heterocycles. The molecule has 3 unspecified atom stereocenters. The molecule has 0 saturated carbocycles. The fourth-order valence-corrected chi connectivity index (χ4v) is 2.52. The predicted octanol–water partition coefficient (Wildman–Crippen LogP) is -0.492. The SMILES string of the molecule is CC(CC(N)=NO)N1CC(O)CC1CN(C)C. The second-order valence-electron chi connectivity index (χ2n) is 5.15. The second-order valence-corrected chi connectivity index (χ2v) is 5.15. The van der Waals surface area contributed by atoms with Crippen molar-refractivity contribution in [1.82, 2.24) is 9.80 Å². The van der Waals surface area contributed by atoms with E-state index in [1.165, 1.54) is 0 Å². The molecule has 1 aliphatic rings. The van der Waals surface area contributed by atoms with E-state index < -0.39 is 0 Å². The summed E-state index contributed by atoms with van der Waals surface area (Å²) in [5.74, 6) is 0.238. The maximum atomic E-state index is 9.75. The molecule has 1 aliphatic heterocycles. The molecular weight excluding hydrogens is 220 g/mol. The third kappa shape index (κ3) is 4.14. The number of aliphatic hydroxyl groups excluding tert-OH is 1. The van der Waals surface area contributed by atoms with Crippen molar-refractivity contribution in [3.63, 3.8) is 0 Å². The summed E-state index contributed by atoms with van der Waals surface area (Å²) in [6.45, 7) is 3.62. The first-order valence-corrected chi connectivity index (χ1v) is 5.99. The van der Waals surface area contributed by atoms with Crippen molar-refractivity contribution in [3.05, 3.63) is 0 Å². The Kier molecular flexibility index (Phi) is 5.17. The zero-order valence-electron chi connectivity index (χ0n) is 10.9. The van der Waals surface area contributed by atoms with Gasteiger partial charge in [0.05, 0.1) is 6.10 Å². The van der Waals surface area contributed by atoms with E-state index >= 15 is 0 Å². The van der Waals surface area contributed by atoms with Crippen molar-refractivity contribution in [3.8, 4) is 0 Å². The van der Waals surface area contributed by atoms with Crippen molar-refractivity contribution < 1.29 is 10.3 Å². The number of nitrogens with two attached hydrogens (primary N) is 1. The number of likely N-dealkylation sites (N-methyl/N-ethyl adjacent to an activating group) is 1. The van der Waals surface area contributed by atoms with Crippen LogP contribution in [0, 0.1) is 0 Å². The molecule has 0 aromatic rings. The molecule has 17 heavy (non-hydrogen) atoms. The fourth-order valence-electron chi connectivity index (χ4n) is 2.52. The average Bonchev–Trinajstić information content (AvgIpc) is 2.58. The summed E-state index contributed by atoms with van der Waals surface area (Å²) in [5.41, 5.74) is 5.52. The van der Waals surface area contributed by atoms with Crippen LogP contribution in [0.5, 0.6) is 0 Å². The molecule has 1 saturated heterocycles. The smallest absolute Gasteiger partial charge is 0.140 e. The fraction of sp³-hybridized carbons (Fsp3) is 0.909. The molecule has 1 rings (SSSR count). The highest BCUT2D eigenvalue weighted by Crippen LogP contribution is 2.22. The van der Waals surface area contributed by atoms with Crippen LogP contribution >= 0.6 is 0 Å². The van der Waals surface area contributed by atoms with Gasteiger partial charge in [0, 0.05) is 31.6 Å². The Morgan fingerprint density at radius 3 is 2.76 bits per heavy atom. The van der Waals surface area contributed by atoms with Gasteiger partial charge in [-0.1, -0.05) is 5.16 Å². The molecule has 1 heterocycles. The topological polar surface area (TPSA) is 85.3 Å². The van der Waals surface area contributed by atoms with E-state index in [9.17, 15) is 5.11 Å². The van der Waals surface area contributed by atoms with Crippen LogP contribution in [0.1, 0.15) is 19.8 Å². The molecule has 0 amide bonds. The molecule has 6 heteroatoms. The van der Waals surface area contributed by atoms with Gasteiger partial charge in [-0.15, -0.1) is 0 Å². The number of β-amino-alcohol motifs (C(OH)–C–C–N with tert-alkyl or cyclic N) is 1. The van der Waals surface area contributed by atoms with Gasteiger partial charge in [0.25, 0.3) is 0 Å². The van der Waals surface area contributed by atoms with Crippen LogP contribution in [0.15, 0.2) is 5.16 Å². The summed E-state index contributed by atoms with van der Waals surface area (Å²) in [7, 11) is 4.05. The second kappa shape index (κ2) is 6.18. The maximum Gasteiger partial charge on any atom is 0.140 e. The summed E-state index contributed by atoms with van der Waals surface area (Å²) >= 11 is 0. The lowest BCUT2D eigenvalue weighted by Gasteiger charge is -2.31. The van der Waals surface area contributed by atoms with E-state index in [4.69, 9.17) is 10.9 Å². The van der Waals surface area contributed by atoms with Gasteiger partial charge in [-0.05, 0) is 27.4 Å². The number of amidine groups is 1. The number of likely N-dealkylation sites (tertiary alicyclic amines) is 1. The molecule has 4 N–H and O–H groups in total. The zero-order chi connectivity index (χ0) is 13.0. The molecule has 0 bridgehead atoms. The van der Waals surface area contributed by atoms with Crippen LogP contribution < -0.4 is 5.73 Å². The first-order chi connectivity index (χ1) is 7.93. The van der Waals surface area contributed by atoms with Crippen LogP contribution in [0.25, 0.3) is 0 Å². The first kappa shape index (κ1) is 14.2. The van der Waals surface area contributed by atoms with E-state index in [-0.39, 0.29) is 18.0 Å². The summed E-state index contributed by atoms with van der Waals surface area (Å²) in [6, 6.07) is 0.509. The number of hydrogen-bond acceptors (Lipinski definition) is 5. The highest BCUT2D eigenvalue weighted by atomic mass is 16.4. The third-order valence-electron chi connectivity index (χ3n) is 3.21. The van der Waals surface area contributed by atoms with E-state index in [1.807, 2.05) is 21.0 Å². The summed E-state index contributed by atoms with van der Waals surface area (Å²) in [4.78, 5) is 4.36. The van der Waals surface area contributed by atoms with E-state index in [1.54, 1.807) is 0 Å². The molecule has 1 fully saturated rings. The Morgan fingerprint density at radius 1 is 1.59 bits per heavy atom. The van der Waals surface area contributed by atoms with Gasteiger partial charge in [0.2, 0.25) is 0 Å². The number of aliphatic hydroxyl groups is 1. The third-order valence-corrected chi connectivity index (χ3v) is 3.21. The Labute approximate surface area is 103 Å². The zero-order valence-corrected chi connectivity index (χ0v) is 10.9. The standard InChI is InChI=1S/C11H24N4O2/c1-8(4-11(12)13-17)15-7-10(16)5-9(15)6-14(2)3/h8-10,16-17H,4-7H2,1-3H3,(H2,12,13). The first-order valence-electron chi connectivity index (χ1n) is 5.99. The lowest BCUT2D eigenvalue weighted by Crippen LogP contribution is -2.44. The van der Waals surface area contributed by atoms with Gasteiger partial charge in [-0.3, -0.25) is 4.90 Å². The van der Waals surface area contributed by atoms with Crippen LogP contribution in [0.3, 0.4) is 0 Å². The van der Waals surface area contributed by atoms with Gasteiger partial charge in [-0.25, -0.2) is 0 Å². The summed E-state index contributed by atoms with van der Waals surface area (Å²) in [5, 5.41) is 21.3.